The molecule has 0 spiro atoms. The van der Waals surface area contributed by atoms with Crippen LogP contribution in [0.15, 0.2) is 17.7 Å². The van der Waals surface area contributed by atoms with Gasteiger partial charge >= 0.3 is 5.97 Å². The summed E-state index contributed by atoms with van der Waals surface area (Å²) >= 11 is 0. The number of carbonyl (C=O) groups excluding carboxylic acids is 1. The zero-order chi connectivity index (χ0) is 26.3. The fourth-order valence-electron chi connectivity index (χ4n) is 5.94. The fraction of sp³-hybridized carbons (Fsp3) is 0.667. The third-order valence-corrected chi connectivity index (χ3v) is 8.07. The van der Waals surface area contributed by atoms with Crippen LogP contribution in [0.25, 0.3) is 6.08 Å². The predicted octanol–water partition coefficient (Wildman–Crippen LogP) is 9.72. The van der Waals surface area contributed by atoms with Gasteiger partial charge in [0.25, 0.3) is 0 Å². The van der Waals surface area contributed by atoms with Gasteiger partial charge in [0, 0.05) is 6.92 Å². The molecular weight excluding hydrogens is 428 g/mol. The van der Waals surface area contributed by atoms with E-state index in [0.29, 0.717) is 0 Å². The highest BCUT2D eigenvalue weighted by molar-refractivity contribution is 5.74. The van der Waals surface area contributed by atoms with Crippen molar-refractivity contribution >= 4 is 12.0 Å². The number of allylic oxidation sites excluding steroid dienone is 3. The quantitative estimate of drug-likeness (QED) is 0.169. The highest BCUT2D eigenvalue weighted by atomic mass is 16.5. The SMILES string of the molecule is CC(=O)Oc1c(C)c(C)c2c(c1C)C=CC(C)(CC/C=C(\C)CC(C)CC(C)CCCC(C)C)C2. The number of ether oxygens (including phenoxy) is 1. The molecule has 0 N–H and O–H groups in total. The molecule has 3 unspecified atom stereocenters. The van der Waals surface area contributed by atoms with Crippen LogP contribution in [0.5, 0.6) is 5.75 Å². The van der Waals surface area contributed by atoms with E-state index < -0.39 is 0 Å². The Morgan fingerprint density at radius 1 is 1.03 bits per heavy atom. The van der Waals surface area contributed by atoms with E-state index >= 15 is 0 Å². The zero-order valence-electron chi connectivity index (χ0n) is 24.4. The largest absolute Gasteiger partial charge is 0.426 e. The number of esters is 1. The Hall–Kier alpha value is -1.83. The zero-order valence-corrected chi connectivity index (χ0v) is 24.4. The molecule has 2 heteroatoms. The number of rotatable bonds is 12. The Kier molecular flexibility index (Phi) is 10.9. The van der Waals surface area contributed by atoms with Crippen molar-refractivity contribution in [2.75, 3.05) is 0 Å². The van der Waals surface area contributed by atoms with Crippen molar-refractivity contribution in [3.63, 3.8) is 0 Å². The van der Waals surface area contributed by atoms with Crippen LogP contribution in [0, 0.1) is 43.9 Å². The van der Waals surface area contributed by atoms with Crippen LogP contribution in [0.1, 0.15) is 121 Å². The van der Waals surface area contributed by atoms with Gasteiger partial charge < -0.3 is 4.74 Å². The van der Waals surface area contributed by atoms with Gasteiger partial charge in [-0.15, -0.1) is 0 Å². The molecule has 2 nitrogen and oxygen atoms in total. The van der Waals surface area contributed by atoms with Crippen molar-refractivity contribution in [2.45, 2.75) is 121 Å². The average Bonchev–Trinajstić information content (AvgIpc) is 2.74. The molecule has 1 aliphatic rings. The number of benzene rings is 1. The summed E-state index contributed by atoms with van der Waals surface area (Å²) in [5.74, 6) is 2.91. The van der Waals surface area contributed by atoms with Gasteiger partial charge in [0.1, 0.15) is 5.75 Å². The lowest BCUT2D eigenvalue weighted by Crippen LogP contribution is -2.22. The van der Waals surface area contributed by atoms with E-state index in [1.54, 1.807) is 5.57 Å². The Balaban J connectivity index is 1.95. The number of hydrogen-bond donors (Lipinski definition) is 0. The van der Waals surface area contributed by atoms with Gasteiger partial charge in [0.05, 0.1) is 0 Å². The molecule has 1 aromatic rings. The molecule has 2 rings (SSSR count). The topological polar surface area (TPSA) is 26.3 Å². The summed E-state index contributed by atoms with van der Waals surface area (Å²) in [7, 11) is 0. The summed E-state index contributed by atoms with van der Waals surface area (Å²) in [4.78, 5) is 11.6. The molecule has 196 valence electrons. The molecule has 0 bridgehead atoms. The van der Waals surface area contributed by atoms with Crippen LogP contribution >= 0.6 is 0 Å². The van der Waals surface area contributed by atoms with Crippen molar-refractivity contribution in [3.8, 4) is 5.75 Å². The molecular formula is C33H52O2. The molecule has 0 aliphatic heterocycles. The van der Waals surface area contributed by atoms with Crippen molar-refractivity contribution in [1.82, 2.24) is 0 Å². The monoisotopic (exact) mass is 480 g/mol. The summed E-state index contributed by atoms with van der Waals surface area (Å²) < 4.78 is 5.57. The Morgan fingerprint density at radius 2 is 1.71 bits per heavy atom. The van der Waals surface area contributed by atoms with Crippen molar-refractivity contribution < 1.29 is 9.53 Å². The first kappa shape index (κ1) is 29.4. The van der Waals surface area contributed by atoms with E-state index in [1.807, 2.05) is 0 Å². The van der Waals surface area contributed by atoms with Gasteiger partial charge in [0.2, 0.25) is 0 Å². The average molecular weight is 481 g/mol. The highest BCUT2D eigenvalue weighted by Crippen LogP contribution is 2.43. The minimum Gasteiger partial charge on any atom is -0.426 e. The van der Waals surface area contributed by atoms with E-state index in [9.17, 15) is 4.79 Å². The first-order valence-electron chi connectivity index (χ1n) is 14.0. The predicted molar refractivity (Wildman–Crippen MR) is 152 cm³/mol. The van der Waals surface area contributed by atoms with E-state index in [2.05, 4.69) is 80.5 Å². The van der Waals surface area contributed by atoms with Crippen LogP contribution in [0.2, 0.25) is 0 Å². The van der Waals surface area contributed by atoms with E-state index in [4.69, 9.17) is 4.74 Å². The smallest absolute Gasteiger partial charge is 0.308 e. The van der Waals surface area contributed by atoms with Crippen LogP contribution in [0.3, 0.4) is 0 Å². The molecule has 0 aromatic heterocycles. The maximum atomic E-state index is 11.6. The minimum atomic E-state index is -0.253. The van der Waals surface area contributed by atoms with Crippen LogP contribution in [-0.4, -0.2) is 5.97 Å². The van der Waals surface area contributed by atoms with E-state index in [1.165, 1.54) is 55.7 Å². The molecule has 0 saturated carbocycles. The highest BCUT2D eigenvalue weighted by Gasteiger charge is 2.29. The molecule has 0 fully saturated rings. The summed E-state index contributed by atoms with van der Waals surface area (Å²) in [6.45, 7) is 22.0. The number of carbonyl (C=O) groups is 1. The molecule has 0 radical (unpaired) electrons. The van der Waals surface area contributed by atoms with Crippen LogP contribution in [-0.2, 0) is 11.2 Å². The molecule has 0 saturated heterocycles. The summed E-state index contributed by atoms with van der Waals surface area (Å²) in [5.41, 5.74) is 7.81. The summed E-state index contributed by atoms with van der Waals surface area (Å²) in [6.07, 6.45) is 17.1. The number of fused-ring (bicyclic) bond motifs is 1. The van der Waals surface area contributed by atoms with Crippen molar-refractivity contribution in [1.29, 1.82) is 0 Å². The third kappa shape index (κ3) is 8.65. The normalized spacial score (nSPS) is 19.6. The van der Waals surface area contributed by atoms with Crippen molar-refractivity contribution in [2.24, 2.45) is 23.2 Å². The van der Waals surface area contributed by atoms with Crippen LogP contribution in [0.4, 0.5) is 0 Å². The fourth-order valence-corrected chi connectivity index (χ4v) is 5.94. The lowest BCUT2D eigenvalue weighted by molar-refractivity contribution is -0.131. The van der Waals surface area contributed by atoms with E-state index in [0.717, 1.165) is 53.9 Å². The molecule has 0 heterocycles. The maximum absolute atomic E-state index is 11.6. The second-order valence-corrected chi connectivity index (χ2v) is 12.4. The Labute approximate surface area is 216 Å². The standard InChI is InChI=1S/C33H52O2/c1-22(2)13-11-14-23(3)19-25(5)20-24(4)15-12-17-33(10)18-16-30-28(8)32(35-29(9)34)27(7)26(6)31(30)21-33/h15-16,18,22-23,25H,11-14,17,19-21H2,1-10H3/b24-15+. The van der Waals surface area contributed by atoms with Crippen molar-refractivity contribution in [3.05, 3.63) is 45.5 Å². The van der Waals surface area contributed by atoms with Gasteiger partial charge in [-0.05, 0) is 111 Å². The molecule has 1 aliphatic carbocycles. The minimum absolute atomic E-state index is 0.160. The molecule has 1 aromatic carbocycles. The summed E-state index contributed by atoms with van der Waals surface area (Å²) in [6, 6.07) is 0. The first-order valence-corrected chi connectivity index (χ1v) is 14.0. The van der Waals surface area contributed by atoms with E-state index in [-0.39, 0.29) is 11.4 Å². The second-order valence-electron chi connectivity index (χ2n) is 12.4. The maximum Gasteiger partial charge on any atom is 0.308 e. The Morgan fingerprint density at radius 3 is 2.34 bits per heavy atom. The lowest BCUT2D eigenvalue weighted by atomic mass is 9.72. The number of hydrogen-bond acceptors (Lipinski definition) is 2. The summed E-state index contributed by atoms with van der Waals surface area (Å²) in [5, 5.41) is 0. The van der Waals surface area contributed by atoms with Gasteiger partial charge in [0.15, 0.2) is 0 Å². The third-order valence-electron chi connectivity index (χ3n) is 8.07. The Bertz CT molecular complexity index is 933. The van der Waals surface area contributed by atoms with Gasteiger partial charge in [-0.25, -0.2) is 0 Å². The van der Waals surface area contributed by atoms with Crippen LogP contribution < -0.4 is 4.74 Å². The molecule has 35 heavy (non-hydrogen) atoms. The molecule has 3 atom stereocenters. The van der Waals surface area contributed by atoms with Gasteiger partial charge in [-0.3, -0.25) is 4.79 Å². The second kappa shape index (κ2) is 12.9. The molecule has 0 amide bonds. The van der Waals surface area contributed by atoms with Gasteiger partial charge in [-0.1, -0.05) is 77.7 Å². The lowest BCUT2D eigenvalue weighted by Gasteiger charge is -2.33. The first-order chi connectivity index (χ1) is 16.3. The van der Waals surface area contributed by atoms with Gasteiger partial charge in [-0.2, -0.15) is 0 Å².